The van der Waals surface area contributed by atoms with E-state index in [2.05, 4.69) is 15.9 Å². The molecule has 0 saturated carbocycles. The van der Waals surface area contributed by atoms with Crippen LogP contribution in [0.25, 0.3) is 0 Å². The highest BCUT2D eigenvalue weighted by molar-refractivity contribution is 9.10. The zero-order chi connectivity index (χ0) is 13.3. The average molecular weight is 308 g/mol. The number of hydrogen-bond donors (Lipinski definition) is 1. The summed E-state index contributed by atoms with van der Waals surface area (Å²) in [6, 6.07) is 10.8. The molecule has 0 fully saturated rings. The molecule has 0 aliphatic carbocycles. The highest BCUT2D eigenvalue weighted by atomic mass is 79.9. The third kappa shape index (κ3) is 2.79. The molecule has 0 aromatic heterocycles. The normalized spacial score (nSPS) is 12.5. The highest BCUT2D eigenvalue weighted by Crippen LogP contribution is 2.25. The van der Waals surface area contributed by atoms with Crippen molar-refractivity contribution in [1.29, 1.82) is 0 Å². The first-order valence-electron chi connectivity index (χ1n) is 5.76. The zero-order valence-corrected chi connectivity index (χ0v) is 12.0. The van der Waals surface area contributed by atoms with Crippen LogP contribution < -0.4 is 5.73 Å². The Balaban J connectivity index is 2.40. The molecule has 0 bridgehead atoms. The van der Waals surface area contributed by atoms with Gasteiger partial charge in [-0.1, -0.05) is 34.1 Å². The third-order valence-electron chi connectivity index (χ3n) is 2.98. The minimum atomic E-state index is -0.309. The number of hydrogen-bond acceptors (Lipinski definition) is 1. The molecule has 1 nitrogen and oxygen atoms in total. The van der Waals surface area contributed by atoms with Crippen LogP contribution in [-0.4, -0.2) is 0 Å². The standard InChI is InChI=1S/C15H15BrFN/c1-9-5-12(7-13(16)6-9)15(18)11-4-3-10(2)14(17)8-11/h3-8,15H,18H2,1-2H3. The van der Waals surface area contributed by atoms with Gasteiger partial charge in [0.2, 0.25) is 0 Å². The van der Waals surface area contributed by atoms with Gasteiger partial charge >= 0.3 is 0 Å². The van der Waals surface area contributed by atoms with Crippen LogP contribution in [0.3, 0.4) is 0 Å². The first kappa shape index (κ1) is 13.2. The minimum absolute atomic E-state index is 0.213. The topological polar surface area (TPSA) is 26.0 Å². The van der Waals surface area contributed by atoms with Crippen LogP contribution in [0.15, 0.2) is 40.9 Å². The monoisotopic (exact) mass is 307 g/mol. The Bertz CT molecular complexity index is 560. The second-order valence-electron chi connectivity index (χ2n) is 4.55. The number of aryl methyl sites for hydroxylation is 2. The molecule has 2 rings (SSSR count). The summed E-state index contributed by atoms with van der Waals surface area (Å²) in [4.78, 5) is 0. The molecule has 1 atom stereocenters. The van der Waals surface area contributed by atoms with Crippen LogP contribution >= 0.6 is 15.9 Å². The van der Waals surface area contributed by atoms with E-state index in [-0.39, 0.29) is 11.9 Å². The molecule has 1 unspecified atom stereocenters. The van der Waals surface area contributed by atoms with E-state index in [1.165, 1.54) is 6.07 Å². The fourth-order valence-electron chi connectivity index (χ4n) is 1.94. The first-order valence-corrected chi connectivity index (χ1v) is 6.55. The lowest BCUT2D eigenvalue weighted by molar-refractivity contribution is 0.614. The lowest BCUT2D eigenvalue weighted by Crippen LogP contribution is -2.12. The van der Waals surface area contributed by atoms with E-state index < -0.39 is 0 Å². The molecule has 3 heteroatoms. The second kappa shape index (κ2) is 5.21. The van der Waals surface area contributed by atoms with Gasteiger partial charge in [-0.15, -0.1) is 0 Å². The summed E-state index contributed by atoms with van der Waals surface area (Å²) in [6.45, 7) is 3.75. The predicted molar refractivity (Wildman–Crippen MR) is 76.0 cm³/mol. The zero-order valence-electron chi connectivity index (χ0n) is 10.4. The summed E-state index contributed by atoms with van der Waals surface area (Å²) >= 11 is 3.45. The Morgan fingerprint density at radius 2 is 1.78 bits per heavy atom. The number of nitrogens with two attached hydrogens (primary N) is 1. The smallest absolute Gasteiger partial charge is 0.126 e. The summed E-state index contributed by atoms with van der Waals surface area (Å²) in [6.07, 6.45) is 0. The van der Waals surface area contributed by atoms with E-state index in [0.29, 0.717) is 5.56 Å². The van der Waals surface area contributed by atoms with Gasteiger partial charge in [0, 0.05) is 4.47 Å². The van der Waals surface area contributed by atoms with Crippen molar-refractivity contribution < 1.29 is 4.39 Å². The van der Waals surface area contributed by atoms with Crippen LogP contribution in [0.4, 0.5) is 4.39 Å². The molecule has 94 valence electrons. The van der Waals surface area contributed by atoms with E-state index in [1.807, 2.05) is 31.2 Å². The van der Waals surface area contributed by atoms with Crippen molar-refractivity contribution in [3.63, 3.8) is 0 Å². The highest BCUT2D eigenvalue weighted by Gasteiger charge is 2.11. The largest absolute Gasteiger partial charge is 0.320 e. The molecule has 0 aliphatic rings. The van der Waals surface area contributed by atoms with E-state index >= 15 is 0 Å². The Kier molecular flexibility index (Phi) is 3.83. The fourth-order valence-corrected chi connectivity index (χ4v) is 2.56. The van der Waals surface area contributed by atoms with Crippen LogP contribution in [0.2, 0.25) is 0 Å². The van der Waals surface area contributed by atoms with Crippen LogP contribution in [-0.2, 0) is 0 Å². The quantitative estimate of drug-likeness (QED) is 0.881. The molecule has 0 amide bonds. The summed E-state index contributed by atoms with van der Waals surface area (Å²) in [5, 5.41) is 0. The van der Waals surface area contributed by atoms with Crippen molar-refractivity contribution in [1.82, 2.24) is 0 Å². The van der Waals surface area contributed by atoms with Crippen LogP contribution in [0.1, 0.15) is 28.3 Å². The van der Waals surface area contributed by atoms with E-state index in [0.717, 1.165) is 21.2 Å². The SMILES string of the molecule is Cc1cc(Br)cc(C(N)c2ccc(C)c(F)c2)c1. The number of benzene rings is 2. The van der Waals surface area contributed by atoms with Gasteiger partial charge in [-0.3, -0.25) is 0 Å². The molecule has 18 heavy (non-hydrogen) atoms. The molecule has 0 aliphatic heterocycles. The minimum Gasteiger partial charge on any atom is -0.320 e. The van der Waals surface area contributed by atoms with Crippen molar-refractivity contribution in [2.75, 3.05) is 0 Å². The van der Waals surface area contributed by atoms with Gasteiger partial charge in [0.05, 0.1) is 6.04 Å². The Hall–Kier alpha value is -1.19. The maximum atomic E-state index is 13.5. The van der Waals surface area contributed by atoms with Gasteiger partial charge in [0.25, 0.3) is 0 Å². The number of halogens is 2. The molecule has 0 heterocycles. The summed E-state index contributed by atoms with van der Waals surface area (Å²) in [5.41, 5.74) is 9.71. The van der Waals surface area contributed by atoms with Gasteiger partial charge < -0.3 is 5.73 Å². The van der Waals surface area contributed by atoms with Crippen LogP contribution in [0.5, 0.6) is 0 Å². The molecule has 0 radical (unpaired) electrons. The maximum absolute atomic E-state index is 13.5. The average Bonchev–Trinajstić information content (AvgIpc) is 2.30. The van der Waals surface area contributed by atoms with Crippen molar-refractivity contribution in [2.24, 2.45) is 5.73 Å². The molecular weight excluding hydrogens is 293 g/mol. The molecular formula is C15H15BrFN. The number of rotatable bonds is 2. The van der Waals surface area contributed by atoms with Gasteiger partial charge in [-0.2, -0.15) is 0 Å². The molecule has 2 aromatic rings. The Labute approximate surface area is 115 Å². The Morgan fingerprint density at radius 1 is 1.06 bits per heavy atom. The molecule has 2 aromatic carbocycles. The molecule has 2 N–H and O–H groups in total. The van der Waals surface area contributed by atoms with E-state index in [1.54, 1.807) is 13.0 Å². The van der Waals surface area contributed by atoms with E-state index in [4.69, 9.17) is 5.73 Å². The first-order chi connectivity index (χ1) is 8.47. The lowest BCUT2D eigenvalue weighted by Gasteiger charge is -2.14. The van der Waals surface area contributed by atoms with Crippen molar-refractivity contribution in [2.45, 2.75) is 19.9 Å². The maximum Gasteiger partial charge on any atom is 0.126 e. The van der Waals surface area contributed by atoms with Gasteiger partial charge in [-0.25, -0.2) is 4.39 Å². The predicted octanol–water partition coefficient (Wildman–Crippen LogP) is 4.25. The fraction of sp³-hybridized carbons (Fsp3) is 0.200. The second-order valence-corrected chi connectivity index (χ2v) is 5.46. The van der Waals surface area contributed by atoms with E-state index in [9.17, 15) is 4.39 Å². The molecule has 0 spiro atoms. The van der Waals surface area contributed by atoms with Crippen molar-refractivity contribution in [3.8, 4) is 0 Å². The Morgan fingerprint density at radius 3 is 2.39 bits per heavy atom. The van der Waals surface area contributed by atoms with Crippen LogP contribution in [0, 0.1) is 19.7 Å². The summed E-state index contributed by atoms with van der Waals surface area (Å²) < 4.78 is 14.5. The van der Waals surface area contributed by atoms with Gasteiger partial charge in [0.15, 0.2) is 0 Å². The summed E-state index contributed by atoms with van der Waals surface area (Å²) in [5.74, 6) is -0.213. The third-order valence-corrected chi connectivity index (χ3v) is 3.44. The molecule has 0 saturated heterocycles. The van der Waals surface area contributed by atoms with Gasteiger partial charge in [0.1, 0.15) is 5.82 Å². The van der Waals surface area contributed by atoms with Crippen molar-refractivity contribution in [3.05, 3.63) is 68.9 Å². The lowest BCUT2D eigenvalue weighted by atomic mass is 9.97. The van der Waals surface area contributed by atoms with Crippen molar-refractivity contribution >= 4 is 15.9 Å². The van der Waals surface area contributed by atoms with Gasteiger partial charge in [-0.05, 0) is 54.3 Å². The summed E-state index contributed by atoms with van der Waals surface area (Å²) in [7, 11) is 0.